The smallest absolute Gasteiger partial charge is 0.293 e. The minimum absolute atomic E-state index is 0.0222. The molecule has 2 N–H and O–H groups in total. The lowest BCUT2D eigenvalue weighted by atomic mass is 9.30. The van der Waals surface area contributed by atoms with Crippen LogP contribution >= 0.6 is 0 Å². The standard InChI is InChI=1S/C32H56O4/c1-22-18-26(2,3)14-16-32(22,36-21-33)17-15-28(6)19-23(34)20-31(9)29(7)12-11-25(35)27(4,5)24(29)10-13-30(28,31)8/h21-25,34-35H,10-20H2,1-9H3/t22?,23-,24-,25-,28+,29-,30-,31+,32-/m0/s1. The monoisotopic (exact) mass is 504 g/mol. The fraction of sp³-hybridized carbons (Fsp3) is 0.969. The molecule has 36 heavy (non-hydrogen) atoms. The van der Waals surface area contributed by atoms with Crippen molar-refractivity contribution in [3.63, 3.8) is 0 Å². The molecule has 0 amide bonds. The Balaban J connectivity index is 1.68. The number of rotatable bonds is 5. The minimum Gasteiger partial charge on any atom is -0.461 e. The summed E-state index contributed by atoms with van der Waals surface area (Å²) in [5.41, 5.74) is -0.135. The molecule has 0 heterocycles. The molecule has 0 aromatic rings. The first kappa shape index (κ1) is 28.4. The lowest BCUT2D eigenvalue weighted by Gasteiger charge is -2.74. The lowest BCUT2D eigenvalue weighted by molar-refractivity contribution is -0.278. The normalized spacial score (nSPS) is 52.1. The third-order valence-corrected chi connectivity index (χ3v) is 13.9. The summed E-state index contributed by atoms with van der Waals surface area (Å²) in [5, 5.41) is 22.4. The van der Waals surface area contributed by atoms with E-state index >= 15 is 0 Å². The first-order valence-corrected chi connectivity index (χ1v) is 14.9. The van der Waals surface area contributed by atoms with Crippen molar-refractivity contribution in [2.75, 3.05) is 0 Å². The van der Waals surface area contributed by atoms with Gasteiger partial charge in [-0.2, -0.15) is 0 Å². The van der Waals surface area contributed by atoms with Crippen molar-refractivity contribution >= 4 is 6.47 Å². The number of hydrogen-bond donors (Lipinski definition) is 2. The molecule has 4 rings (SSSR count). The van der Waals surface area contributed by atoms with Crippen LogP contribution in [0.4, 0.5) is 0 Å². The molecule has 4 heteroatoms. The molecule has 0 saturated heterocycles. The second kappa shape index (κ2) is 8.70. The Morgan fingerprint density at radius 3 is 2.08 bits per heavy atom. The largest absolute Gasteiger partial charge is 0.461 e. The summed E-state index contributed by atoms with van der Waals surface area (Å²) in [6.07, 6.45) is 10.2. The van der Waals surface area contributed by atoms with E-state index in [0.717, 1.165) is 70.6 Å². The van der Waals surface area contributed by atoms with Gasteiger partial charge in [-0.25, -0.2) is 0 Å². The molecule has 0 radical (unpaired) electrons. The van der Waals surface area contributed by atoms with Gasteiger partial charge in [-0.1, -0.05) is 62.3 Å². The van der Waals surface area contributed by atoms with Crippen LogP contribution < -0.4 is 0 Å². The second-order valence-corrected chi connectivity index (χ2v) is 16.2. The van der Waals surface area contributed by atoms with Gasteiger partial charge in [0.05, 0.1) is 12.2 Å². The zero-order chi connectivity index (χ0) is 27.0. The molecule has 4 aliphatic rings. The molecule has 9 atom stereocenters. The van der Waals surface area contributed by atoms with Crippen molar-refractivity contribution < 1.29 is 19.7 Å². The lowest BCUT2D eigenvalue weighted by Crippen LogP contribution is -2.69. The third-order valence-electron chi connectivity index (χ3n) is 13.9. The molecule has 0 aromatic carbocycles. The predicted molar refractivity (Wildman–Crippen MR) is 145 cm³/mol. The fourth-order valence-corrected chi connectivity index (χ4v) is 10.9. The summed E-state index contributed by atoms with van der Waals surface area (Å²) in [6.45, 7) is 22.1. The van der Waals surface area contributed by atoms with Crippen LogP contribution in [-0.2, 0) is 9.53 Å². The molecule has 4 saturated carbocycles. The summed E-state index contributed by atoms with van der Waals surface area (Å²) >= 11 is 0. The number of aliphatic hydroxyl groups excluding tert-OH is 2. The van der Waals surface area contributed by atoms with E-state index in [0.29, 0.717) is 18.3 Å². The van der Waals surface area contributed by atoms with Gasteiger partial charge in [-0.3, -0.25) is 4.79 Å². The van der Waals surface area contributed by atoms with Crippen LogP contribution in [0.1, 0.15) is 133 Å². The van der Waals surface area contributed by atoms with Gasteiger partial charge in [0.2, 0.25) is 0 Å². The Bertz CT molecular complexity index is 851. The van der Waals surface area contributed by atoms with E-state index in [4.69, 9.17) is 4.74 Å². The average molecular weight is 505 g/mol. The Labute approximate surface area is 221 Å². The zero-order valence-electron chi connectivity index (χ0n) is 24.9. The van der Waals surface area contributed by atoms with Crippen LogP contribution in [0.3, 0.4) is 0 Å². The summed E-state index contributed by atoms with van der Waals surface area (Å²) in [5.74, 6) is 0.781. The Hall–Kier alpha value is -0.610. The summed E-state index contributed by atoms with van der Waals surface area (Å²) in [4.78, 5) is 11.7. The maximum atomic E-state index is 11.7. The highest BCUT2D eigenvalue weighted by atomic mass is 16.5. The minimum atomic E-state index is -0.395. The Kier molecular flexibility index (Phi) is 6.86. The van der Waals surface area contributed by atoms with Crippen molar-refractivity contribution in [3.05, 3.63) is 0 Å². The maximum absolute atomic E-state index is 11.7. The van der Waals surface area contributed by atoms with Crippen molar-refractivity contribution in [2.45, 2.75) is 151 Å². The van der Waals surface area contributed by atoms with Crippen molar-refractivity contribution in [2.24, 2.45) is 44.3 Å². The number of carbonyl (C=O) groups is 1. The van der Waals surface area contributed by atoms with E-state index in [-0.39, 0.29) is 44.7 Å². The van der Waals surface area contributed by atoms with Crippen LogP contribution in [0.15, 0.2) is 0 Å². The highest BCUT2D eigenvalue weighted by Gasteiger charge is 2.71. The van der Waals surface area contributed by atoms with Crippen LogP contribution in [0.5, 0.6) is 0 Å². The molecule has 1 unspecified atom stereocenters. The molecule has 0 aromatic heterocycles. The number of hydrogen-bond acceptors (Lipinski definition) is 4. The average Bonchev–Trinajstić information content (AvgIpc) is 2.75. The van der Waals surface area contributed by atoms with Gasteiger partial charge in [0.15, 0.2) is 0 Å². The first-order valence-electron chi connectivity index (χ1n) is 14.9. The van der Waals surface area contributed by atoms with Gasteiger partial charge in [-0.15, -0.1) is 0 Å². The van der Waals surface area contributed by atoms with Crippen LogP contribution in [0.2, 0.25) is 0 Å². The molecule has 4 aliphatic carbocycles. The molecule has 0 bridgehead atoms. The van der Waals surface area contributed by atoms with Gasteiger partial charge in [0.1, 0.15) is 5.60 Å². The topological polar surface area (TPSA) is 66.8 Å². The van der Waals surface area contributed by atoms with E-state index in [2.05, 4.69) is 62.3 Å². The quantitative estimate of drug-likeness (QED) is 0.386. The number of carbonyl (C=O) groups excluding carboxylic acids is 1. The van der Waals surface area contributed by atoms with Crippen molar-refractivity contribution in [1.82, 2.24) is 0 Å². The molecule has 4 fully saturated rings. The second-order valence-electron chi connectivity index (χ2n) is 16.2. The Morgan fingerprint density at radius 1 is 0.806 bits per heavy atom. The van der Waals surface area contributed by atoms with Gasteiger partial charge >= 0.3 is 0 Å². The molecular formula is C32H56O4. The maximum Gasteiger partial charge on any atom is 0.293 e. The predicted octanol–water partition coefficient (Wildman–Crippen LogP) is 7.30. The van der Waals surface area contributed by atoms with Crippen molar-refractivity contribution in [1.29, 1.82) is 0 Å². The van der Waals surface area contributed by atoms with Crippen LogP contribution in [-0.4, -0.2) is 34.5 Å². The van der Waals surface area contributed by atoms with Gasteiger partial charge in [0, 0.05) is 0 Å². The van der Waals surface area contributed by atoms with E-state index in [1.165, 1.54) is 0 Å². The van der Waals surface area contributed by atoms with Gasteiger partial charge in [0.25, 0.3) is 6.47 Å². The molecule has 4 nitrogen and oxygen atoms in total. The summed E-state index contributed by atoms with van der Waals surface area (Å²) < 4.78 is 6.01. The third kappa shape index (κ3) is 3.85. The van der Waals surface area contributed by atoms with Gasteiger partial charge < -0.3 is 14.9 Å². The van der Waals surface area contributed by atoms with Gasteiger partial charge in [-0.05, 0) is 115 Å². The molecule has 208 valence electrons. The fourth-order valence-electron chi connectivity index (χ4n) is 10.9. The zero-order valence-corrected chi connectivity index (χ0v) is 24.9. The number of ether oxygens (including phenoxy) is 1. The highest BCUT2D eigenvalue weighted by Crippen LogP contribution is 2.77. The van der Waals surface area contributed by atoms with E-state index in [1.54, 1.807) is 0 Å². The Morgan fingerprint density at radius 2 is 1.47 bits per heavy atom. The van der Waals surface area contributed by atoms with E-state index < -0.39 is 5.60 Å². The first-order chi connectivity index (χ1) is 16.4. The van der Waals surface area contributed by atoms with Crippen molar-refractivity contribution in [3.8, 4) is 0 Å². The number of fused-ring (bicyclic) bond motifs is 3. The molecular weight excluding hydrogens is 448 g/mol. The molecule has 0 aliphatic heterocycles. The summed E-state index contributed by atoms with van der Waals surface area (Å²) in [6, 6.07) is 0. The van der Waals surface area contributed by atoms with E-state index in [9.17, 15) is 15.0 Å². The van der Waals surface area contributed by atoms with Crippen LogP contribution in [0.25, 0.3) is 0 Å². The van der Waals surface area contributed by atoms with E-state index in [1.807, 2.05) is 0 Å². The molecule has 0 spiro atoms. The van der Waals surface area contributed by atoms with Crippen LogP contribution in [0, 0.1) is 44.3 Å². The SMILES string of the molecule is CC1CC(C)(C)CC[C@@]1(CC[C@]1(C)C[C@H](O)C[C@@]2(C)[C@@]1(C)CC[C@H]1C(C)(C)[C@@H](O)CC[C@@]12C)OC=O. The highest BCUT2D eigenvalue weighted by molar-refractivity contribution is 5.38. The summed E-state index contributed by atoms with van der Waals surface area (Å²) in [7, 11) is 0. The number of aliphatic hydroxyl groups is 2.